The van der Waals surface area contributed by atoms with Crippen molar-refractivity contribution in [2.45, 2.75) is 32.7 Å². The van der Waals surface area contributed by atoms with Gasteiger partial charge in [-0.15, -0.1) is 0 Å². The summed E-state index contributed by atoms with van der Waals surface area (Å²) in [5.41, 5.74) is 4.67. The highest BCUT2D eigenvalue weighted by molar-refractivity contribution is 5.77. The molecule has 0 amide bonds. The van der Waals surface area contributed by atoms with Crippen molar-refractivity contribution in [3.8, 4) is 5.75 Å². The summed E-state index contributed by atoms with van der Waals surface area (Å²) in [7, 11) is 0. The van der Waals surface area contributed by atoms with E-state index in [1.165, 1.54) is 5.56 Å². The molecular formula is C22H24N4O. The monoisotopic (exact) mass is 360 g/mol. The summed E-state index contributed by atoms with van der Waals surface area (Å²) in [5.74, 6) is 2.15. The standard InChI is InChI=1S/C22H24N4O/c1-4-27-19-11-9-18(10-12-19)21-13-20(25-22-23-14-24-26(21)22)17-7-5-16(6-8-17)15(2)3/h5-15,21H,4H2,1-3H3,(H,23,24,25)/t21-/m1/s1. The molecule has 0 radical (unpaired) electrons. The van der Waals surface area contributed by atoms with Crippen LogP contribution in [-0.2, 0) is 0 Å². The molecule has 5 nitrogen and oxygen atoms in total. The van der Waals surface area contributed by atoms with Gasteiger partial charge in [-0.1, -0.05) is 50.2 Å². The number of rotatable bonds is 5. The topological polar surface area (TPSA) is 52.0 Å². The second kappa shape index (κ2) is 7.27. The van der Waals surface area contributed by atoms with Crippen molar-refractivity contribution in [1.82, 2.24) is 14.8 Å². The third-order valence-corrected chi connectivity index (χ3v) is 4.83. The van der Waals surface area contributed by atoms with Crippen LogP contribution in [0.2, 0.25) is 0 Å². The van der Waals surface area contributed by atoms with Crippen molar-refractivity contribution in [3.63, 3.8) is 0 Å². The number of benzene rings is 2. The number of aromatic nitrogens is 3. The minimum Gasteiger partial charge on any atom is -0.494 e. The van der Waals surface area contributed by atoms with Gasteiger partial charge in [-0.25, -0.2) is 4.68 Å². The van der Waals surface area contributed by atoms with E-state index in [0.29, 0.717) is 12.5 Å². The van der Waals surface area contributed by atoms with Crippen LogP contribution in [0, 0.1) is 0 Å². The molecule has 2 heterocycles. The lowest BCUT2D eigenvalue weighted by Gasteiger charge is -2.24. The molecule has 0 bridgehead atoms. The lowest BCUT2D eigenvalue weighted by molar-refractivity contribution is 0.340. The zero-order chi connectivity index (χ0) is 18.8. The Morgan fingerprint density at radius 1 is 1.07 bits per heavy atom. The maximum Gasteiger partial charge on any atom is 0.226 e. The highest BCUT2D eigenvalue weighted by Crippen LogP contribution is 2.33. The third kappa shape index (κ3) is 3.45. The van der Waals surface area contributed by atoms with Crippen LogP contribution in [-0.4, -0.2) is 21.4 Å². The van der Waals surface area contributed by atoms with E-state index in [1.54, 1.807) is 6.33 Å². The number of ether oxygens (including phenoxy) is 1. The van der Waals surface area contributed by atoms with E-state index in [4.69, 9.17) is 4.74 Å². The predicted molar refractivity (Wildman–Crippen MR) is 108 cm³/mol. The van der Waals surface area contributed by atoms with Crippen molar-refractivity contribution in [3.05, 3.63) is 77.6 Å². The number of nitrogens with zero attached hydrogens (tertiary/aromatic N) is 3. The van der Waals surface area contributed by atoms with Crippen LogP contribution in [0.5, 0.6) is 5.75 Å². The normalized spacial score (nSPS) is 15.9. The first kappa shape index (κ1) is 17.3. The van der Waals surface area contributed by atoms with Gasteiger partial charge in [-0.3, -0.25) is 0 Å². The molecule has 27 heavy (non-hydrogen) atoms. The predicted octanol–water partition coefficient (Wildman–Crippen LogP) is 4.86. The van der Waals surface area contributed by atoms with Gasteiger partial charge in [0.15, 0.2) is 0 Å². The first-order valence-corrected chi connectivity index (χ1v) is 9.37. The minimum absolute atomic E-state index is 0.0146. The zero-order valence-electron chi connectivity index (χ0n) is 15.9. The molecule has 1 atom stereocenters. The molecule has 3 aromatic rings. The minimum atomic E-state index is -0.0146. The highest BCUT2D eigenvalue weighted by atomic mass is 16.5. The highest BCUT2D eigenvalue weighted by Gasteiger charge is 2.23. The van der Waals surface area contributed by atoms with Gasteiger partial charge in [0.25, 0.3) is 0 Å². The van der Waals surface area contributed by atoms with Crippen LogP contribution in [0.3, 0.4) is 0 Å². The summed E-state index contributed by atoms with van der Waals surface area (Å²) in [6.45, 7) is 7.06. The zero-order valence-corrected chi connectivity index (χ0v) is 15.9. The first-order valence-electron chi connectivity index (χ1n) is 9.37. The molecule has 0 unspecified atom stereocenters. The summed E-state index contributed by atoms with van der Waals surface area (Å²) in [5, 5.41) is 7.81. The number of allylic oxidation sites excluding steroid dienone is 1. The van der Waals surface area contributed by atoms with Crippen LogP contribution in [0.1, 0.15) is 49.4 Å². The molecule has 1 aliphatic rings. The fourth-order valence-corrected chi connectivity index (χ4v) is 3.31. The Bertz CT molecular complexity index is 939. The summed E-state index contributed by atoms with van der Waals surface area (Å²) in [6, 6.07) is 16.9. The maximum absolute atomic E-state index is 5.56. The van der Waals surface area contributed by atoms with Gasteiger partial charge in [0.2, 0.25) is 5.95 Å². The molecule has 138 valence electrons. The fraction of sp³-hybridized carbons (Fsp3) is 0.273. The Morgan fingerprint density at radius 3 is 2.48 bits per heavy atom. The number of hydrogen-bond acceptors (Lipinski definition) is 4. The molecule has 1 aromatic heterocycles. The molecule has 0 aliphatic carbocycles. The molecule has 1 aliphatic heterocycles. The van der Waals surface area contributed by atoms with E-state index in [2.05, 4.69) is 71.7 Å². The Hall–Kier alpha value is -3.08. The van der Waals surface area contributed by atoms with Crippen molar-refractivity contribution in [1.29, 1.82) is 0 Å². The molecule has 5 heteroatoms. The largest absolute Gasteiger partial charge is 0.494 e. The first-order chi connectivity index (χ1) is 13.2. The SMILES string of the molecule is CCOc1ccc([C@H]2C=C(c3ccc(C(C)C)cc3)Nc3ncnn32)cc1. The van der Waals surface area contributed by atoms with Crippen LogP contribution >= 0.6 is 0 Å². The lowest BCUT2D eigenvalue weighted by atomic mass is 9.98. The van der Waals surface area contributed by atoms with E-state index >= 15 is 0 Å². The molecule has 4 rings (SSSR count). The Labute approximate surface area is 159 Å². The van der Waals surface area contributed by atoms with Crippen molar-refractivity contribution < 1.29 is 4.74 Å². The Morgan fingerprint density at radius 2 is 1.81 bits per heavy atom. The van der Waals surface area contributed by atoms with Crippen LogP contribution < -0.4 is 10.1 Å². The van der Waals surface area contributed by atoms with E-state index < -0.39 is 0 Å². The molecular weight excluding hydrogens is 336 g/mol. The van der Waals surface area contributed by atoms with Gasteiger partial charge in [0.1, 0.15) is 18.1 Å². The third-order valence-electron chi connectivity index (χ3n) is 4.83. The molecule has 0 spiro atoms. The van der Waals surface area contributed by atoms with Crippen molar-refractivity contribution in [2.75, 3.05) is 11.9 Å². The number of hydrogen-bond donors (Lipinski definition) is 1. The Balaban J connectivity index is 1.69. The molecule has 0 fully saturated rings. The van der Waals surface area contributed by atoms with Crippen LogP contribution in [0.4, 0.5) is 5.95 Å². The summed E-state index contributed by atoms with van der Waals surface area (Å²) in [6.07, 6.45) is 3.78. The molecule has 1 N–H and O–H groups in total. The van der Waals surface area contributed by atoms with Crippen LogP contribution in [0.25, 0.3) is 5.70 Å². The molecule has 0 saturated heterocycles. The van der Waals surface area contributed by atoms with Gasteiger partial charge < -0.3 is 10.1 Å². The van der Waals surface area contributed by atoms with Gasteiger partial charge in [0.05, 0.1) is 6.61 Å². The number of anilines is 1. The molecule has 0 saturated carbocycles. The van der Waals surface area contributed by atoms with E-state index in [1.807, 2.05) is 23.7 Å². The van der Waals surface area contributed by atoms with E-state index in [9.17, 15) is 0 Å². The smallest absolute Gasteiger partial charge is 0.226 e. The van der Waals surface area contributed by atoms with Gasteiger partial charge in [-0.2, -0.15) is 10.1 Å². The summed E-state index contributed by atoms with van der Waals surface area (Å²) < 4.78 is 7.47. The number of fused-ring (bicyclic) bond motifs is 1. The van der Waals surface area contributed by atoms with Crippen molar-refractivity contribution in [2.24, 2.45) is 0 Å². The number of nitrogens with one attached hydrogen (secondary N) is 1. The van der Waals surface area contributed by atoms with Gasteiger partial charge in [0, 0.05) is 5.70 Å². The summed E-state index contributed by atoms with van der Waals surface area (Å²) >= 11 is 0. The van der Waals surface area contributed by atoms with Gasteiger partial charge in [-0.05, 0) is 47.7 Å². The van der Waals surface area contributed by atoms with Crippen LogP contribution in [0.15, 0.2) is 60.9 Å². The van der Waals surface area contributed by atoms with Gasteiger partial charge >= 0.3 is 0 Å². The average molecular weight is 360 g/mol. The second-order valence-electron chi connectivity index (χ2n) is 6.96. The van der Waals surface area contributed by atoms with E-state index in [0.717, 1.165) is 28.5 Å². The van der Waals surface area contributed by atoms with E-state index in [-0.39, 0.29) is 6.04 Å². The Kier molecular flexibility index (Phi) is 4.67. The quantitative estimate of drug-likeness (QED) is 0.706. The lowest BCUT2D eigenvalue weighted by Crippen LogP contribution is -2.20. The second-order valence-corrected chi connectivity index (χ2v) is 6.96. The fourth-order valence-electron chi connectivity index (χ4n) is 3.31. The summed E-state index contributed by atoms with van der Waals surface area (Å²) in [4.78, 5) is 4.38. The molecule has 2 aromatic carbocycles. The van der Waals surface area contributed by atoms with Crippen molar-refractivity contribution >= 4 is 11.6 Å². The average Bonchev–Trinajstić information content (AvgIpc) is 3.17. The maximum atomic E-state index is 5.56.